The third kappa shape index (κ3) is 4.40. The van der Waals surface area contributed by atoms with Gasteiger partial charge in [-0.1, -0.05) is 0 Å². The first-order valence-electron chi connectivity index (χ1n) is 5.13. The number of hydrogen-bond donors (Lipinski definition) is 2. The standard InChI is InChI=1S/C11H13BrF2N2O/c1-15-4-2-3-11(17)16-10-5-7(12)8(13)6-9(10)14/h5-6,15H,2-4H2,1H3,(H,16,17). The summed E-state index contributed by atoms with van der Waals surface area (Å²) in [6, 6.07) is 1.94. The molecule has 0 saturated heterocycles. The van der Waals surface area contributed by atoms with Crippen molar-refractivity contribution in [3.63, 3.8) is 0 Å². The fourth-order valence-electron chi connectivity index (χ4n) is 1.26. The van der Waals surface area contributed by atoms with Gasteiger partial charge in [0.1, 0.15) is 11.6 Å². The van der Waals surface area contributed by atoms with Crippen LogP contribution in [0, 0.1) is 11.6 Å². The normalized spacial score (nSPS) is 10.4. The molecule has 0 radical (unpaired) electrons. The van der Waals surface area contributed by atoms with E-state index in [1.165, 1.54) is 6.07 Å². The molecule has 0 aliphatic rings. The molecule has 0 saturated carbocycles. The SMILES string of the molecule is CNCCCC(=O)Nc1cc(Br)c(F)cc1F. The van der Waals surface area contributed by atoms with E-state index in [9.17, 15) is 13.6 Å². The molecule has 0 aliphatic heterocycles. The molecule has 0 heterocycles. The third-order valence-corrected chi connectivity index (χ3v) is 2.72. The number of anilines is 1. The first kappa shape index (κ1) is 14.1. The predicted molar refractivity (Wildman–Crippen MR) is 65.8 cm³/mol. The van der Waals surface area contributed by atoms with E-state index in [-0.39, 0.29) is 22.5 Å². The average Bonchev–Trinajstić information content (AvgIpc) is 2.26. The Kier molecular flexibility index (Phi) is 5.50. The Bertz CT molecular complexity index is 413. The van der Waals surface area contributed by atoms with E-state index in [0.717, 1.165) is 6.07 Å². The van der Waals surface area contributed by atoms with E-state index in [1.54, 1.807) is 7.05 Å². The maximum absolute atomic E-state index is 13.3. The molecule has 3 nitrogen and oxygen atoms in total. The topological polar surface area (TPSA) is 41.1 Å². The molecule has 0 bridgehead atoms. The first-order valence-corrected chi connectivity index (χ1v) is 5.93. The van der Waals surface area contributed by atoms with Crippen LogP contribution in [0.25, 0.3) is 0 Å². The minimum Gasteiger partial charge on any atom is -0.324 e. The second-order valence-electron chi connectivity index (χ2n) is 3.50. The van der Waals surface area contributed by atoms with Crippen LogP contribution in [-0.4, -0.2) is 19.5 Å². The van der Waals surface area contributed by atoms with Crippen LogP contribution in [0.3, 0.4) is 0 Å². The second-order valence-corrected chi connectivity index (χ2v) is 4.36. The van der Waals surface area contributed by atoms with Crippen LogP contribution in [-0.2, 0) is 4.79 Å². The van der Waals surface area contributed by atoms with E-state index in [1.807, 2.05) is 0 Å². The molecular weight excluding hydrogens is 294 g/mol. The Morgan fingerprint density at radius 1 is 1.35 bits per heavy atom. The smallest absolute Gasteiger partial charge is 0.224 e. The van der Waals surface area contributed by atoms with Gasteiger partial charge in [-0.05, 0) is 42.0 Å². The highest BCUT2D eigenvalue weighted by atomic mass is 79.9. The van der Waals surface area contributed by atoms with Crippen molar-refractivity contribution >= 4 is 27.5 Å². The zero-order valence-corrected chi connectivity index (χ0v) is 10.9. The quantitative estimate of drug-likeness (QED) is 0.648. The maximum Gasteiger partial charge on any atom is 0.224 e. The largest absolute Gasteiger partial charge is 0.324 e. The molecule has 0 aromatic heterocycles. The molecule has 1 amide bonds. The highest BCUT2D eigenvalue weighted by Crippen LogP contribution is 2.23. The Morgan fingerprint density at radius 2 is 2.06 bits per heavy atom. The van der Waals surface area contributed by atoms with Crippen molar-refractivity contribution in [1.82, 2.24) is 5.32 Å². The molecule has 0 aliphatic carbocycles. The van der Waals surface area contributed by atoms with Crippen molar-refractivity contribution in [2.45, 2.75) is 12.8 Å². The summed E-state index contributed by atoms with van der Waals surface area (Å²) < 4.78 is 26.3. The van der Waals surface area contributed by atoms with Gasteiger partial charge in [0.05, 0.1) is 10.2 Å². The van der Waals surface area contributed by atoms with E-state index >= 15 is 0 Å². The molecule has 2 N–H and O–H groups in total. The minimum absolute atomic E-state index is 0.0206. The Labute approximate surface area is 107 Å². The summed E-state index contributed by atoms with van der Waals surface area (Å²) in [5.74, 6) is -1.78. The highest BCUT2D eigenvalue weighted by Gasteiger charge is 2.10. The molecule has 17 heavy (non-hydrogen) atoms. The second kappa shape index (κ2) is 6.66. The van der Waals surface area contributed by atoms with Crippen molar-refractivity contribution in [2.24, 2.45) is 0 Å². The summed E-state index contributed by atoms with van der Waals surface area (Å²) >= 11 is 2.93. The van der Waals surface area contributed by atoms with Gasteiger partial charge in [-0.15, -0.1) is 0 Å². The number of nitrogens with one attached hydrogen (secondary N) is 2. The lowest BCUT2D eigenvalue weighted by molar-refractivity contribution is -0.116. The van der Waals surface area contributed by atoms with Crippen LogP contribution in [0.4, 0.5) is 14.5 Å². The van der Waals surface area contributed by atoms with E-state index < -0.39 is 11.6 Å². The van der Waals surface area contributed by atoms with E-state index in [4.69, 9.17) is 0 Å². The summed E-state index contributed by atoms with van der Waals surface area (Å²) in [7, 11) is 1.79. The van der Waals surface area contributed by atoms with Gasteiger partial charge in [0.25, 0.3) is 0 Å². The summed E-state index contributed by atoms with van der Waals surface area (Å²) in [5.41, 5.74) is -0.0206. The van der Waals surface area contributed by atoms with Gasteiger partial charge in [-0.3, -0.25) is 4.79 Å². The van der Waals surface area contributed by atoms with Gasteiger partial charge in [0.15, 0.2) is 0 Å². The predicted octanol–water partition coefficient (Wildman–Crippen LogP) is 2.67. The van der Waals surface area contributed by atoms with Crippen molar-refractivity contribution in [2.75, 3.05) is 18.9 Å². The fourth-order valence-corrected chi connectivity index (χ4v) is 1.60. The molecule has 1 aromatic rings. The summed E-state index contributed by atoms with van der Waals surface area (Å²) in [4.78, 5) is 11.4. The van der Waals surface area contributed by atoms with Gasteiger partial charge in [-0.2, -0.15) is 0 Å². The number of amides is 1. The first-order chi connectivity index (χ1) is 8.04. The number of carbonyl (C=O) groups is 1. The molecule has 6 heteroatoms. The van der Waals surface area contributed by atoms with Gasteiger partial charge in [-0.25, -0.2) is 8.78 Å². The van der Waals surface area contributed by atoms with E-state index in [2.05, 4.69) is 26.6 Å². The van der Waals surface area contributed by atoms with Crippen molar-refractivity contribution in [3.8, 4) is 0 Å². The molecule has 0 atom stereocenters. The fraction of sp³-hybridized carbons (Fsp3) is 0.364. The third-order valence-electron chi connectivity index (χ3n) is 2.11. The lowest BCUT2D eigenvalue weighted by Gasteiger charge is -2.07. The number of halogens is 3. The van der Waals surface area contributed by atoms with Crippen LogP contribution < -0.4 is 10.6 Å². The molecule has 1 aromatic carbocycles. The molecule has 0 fully saturated rings. The van der Waals surface area contributed by atoms with Gasteiger partial charge < -0.3 is 10.6 Å². The average molecular weight is 307 g/mol. The molecule has 1 rings (SSSR count). The monoisotopic (exact) mass is 306 g/mol. The molecule has 0 spiro atoms. The Hall–Kier alpha value is -1.01. The van der Waals surface area contributed by atoms with Gasteiger partial charge in [0, 0.05) is 12.5 Å². The van der Waals surface area contributed by atoms with Crippen LogP contribution in [0.2, 0.25) is 0 Å². The lowest BCUT2D eigenvalue weighted by atomic mass is 10.2. The summed E-state index contributed by atoms with van der Waals surface area (Å²) in [6.45, 7) is 0.711. The van der Waals surface area contributed by atoms with Crippen LogP contribution in [0.1, 0.15) is 12.8 Å². The summed E-state index contributed by atoms with van der Waals surface area (Å²) in [5, 5.41) is 5.30. The van der Waals surface area contributed by atoms with Crippen molar-refractivity contribution in [3.05, 3.63) is 28.2 Å². The Balaban J connectivity index is 2.62. The summed E-state index contributed by atoms with van der Waals surface area (Å²) in [6.07, 6.45) is 0.946. The zero-order chi connectivity index (χ0) is 12.8. The lowest BCUT2D eigenvalue weighted by Crippen LogP contribution is -2.16. The van der Waals surface area contributed by atoms with Gasteiger partial charge in [0.2, 0.25) is 5.91 Å². The zero-order valence-electron chi connectivity index (χ0n) is 9.32. The number of benzene rings is 1. The van der Waals surface area contributed by atoms with Crippen molar-refractivity contribution in [1.29, 1.82) is 0 Å². The highest BCUT2D eigenvalue weighted by molar-refractivity contribution is 9.10. The maximum atomic E-state index is 13.3. The molecule has 94 valence electrons. The number of carbonyl (C=O) groups excluding carboxylic acids is 1. The van der Waals surface area contributed by atoms with E-state index in [0.29, 0.717) is 13.0 Å². The Morgan fingerprint density at radius 3 is 2.71 bits per heavy atom. The molecule has 0 unspecified atom stereocenters. The van der Waals surface area contributed by atoms with Crippen LogP contribution in [0.5, 0.6) is 0 Å². The van der Waals surface area contributed by atoms with Gasteiger partial charge >= 0.3 is 0 Å². The number of rotatable bonds is 5. The minimum atomic E-state index is -0.785. The molecular formula is C11H13BrF2N2O. The van der Waals surface area contributed by atoms with Crippen LogP contribution >= 0.6 is 15.9 Å². The number of hydrogen-bond acceptors (Lipinski definition) is 2. The van der Waals surface area contributed by atoms with Crippen LogP contribution in [0.15, 0.2) is 16.6 Å². The van der Waals surface area contributed by atoms with Crippen molar-refractivity contribution < 1.29 is 13.6 Å².